The fourth-order valence-electron chi connectivity index (χ4n) is 2.18. The molecule has 0 bridgehead atoms. The molecule has 1 heterocycles. The summed E-state index contributed by atoms with van der Waals surface area (Å²) in [5.74, 6) is 0. The summed E-state index contributed by atoms with van der Waals surface area (Å²) in [5.41, 5.74) is 0.375. The van der Waals surface area contributed by atoms with Gasteiger partial charge in [0, 0.05) is 18.1 Å². The lowest BCUT2D eigenvalue weighted by Crippen LogP contribution is -2.50. The highest BCUT2D eigenvalue weighted by atomic mass is 15.2. The van der Waals surface area contributed by atoms with E-state index in [9.17, 15) is 0 Å². The largest absolute Gasteiger partial charge is 0.310 e. The van der Waals surface area contributed by atoms with E-state index in [2.05, 4.69) is 38.0 Å². The third-order valence-electron chi connectivity index (χ3n) is 3.72. The van der Waals surface area contributed by atoms with Crippen LogP contribution in [0, 0.1) is 0 Å². The Labute approximate surface area is 82.7 Å². The fourth-order valence-corrected chi connectivity index (χ4v) is 2.18. The predicted octanol–water partition coefficient (Wildman–Crippen LogP) is 1.86. The minimum Gasteiger partial charge on any atom is -0.310 e. The standard InChI is InChI=1S/C11H24N2/c1-5-11(6-2)9-13(4)10(3)7-8-12-11/h10,12H,5-9H2,1-4H3. The Hall–Kier alpha value is -0.0800. The van der Waals surface area contributed by atoms with Gasteiger partial charge in [-0.05, 0) is 39.8 Å². The second-order valence-electron chi connectivity index (χ2n) is 4.47. The van der Waals surface area contributed by atoms with Crippen LogP contribution in [0.15, 0.2) is 0 Å². The van der Waals surface area contributed by atoms with Gasteiger partial charge in [0.25, 0.3) is 0 Å². The van der Waals surface area contributed by atoms with Crippen molar-refractivity contribution < 1.29 is 0 Å². The molecule has 1 aliphatic heterocycles. The molecule has 13 heavy (non-hydrogen) atoms. The van der Waals surface area contributed by atoms with Crippen LogP contribution < -0.4 is 5.32 Å². The first kappa shape index (κ1) is 11.0. The predicted molar refractivity (Wildman–Crippen MR) is 58.0 cm³/mol. The fraction of sp³-hybridized carbons (Fsp3) is 1.00. The van der Waals surface area contributed by atoms with Gasteiger partial charge in [0.15, 0.2) is 0 Å². The van der Waals surface area contributed by atoms with E-state index < -0.39 is 0 Å². The molecule has 0 radical (unpaired) electrons. The van der Waals surface area contributed by atoms with Crippen LogP contribution in [0.4, 0.5) is 0 Å². The molecule has 1 N–H and O–H groups in total. The monoisotopic (exact) mass is 184 g/mol. The molecule has 1 unspecified atom stereocenters. The molecule has 1 rings (SSSR count). The maximum atomic E-state index is 3.71. The average Bonchev–Trinajstić information content (AvgIpc) is 2.28. The summed E-state index contributed by atoms with van der Waals surface area (Å²) >= 11 is 0. The normalized spacial score (nSPS) is 30.0. The first-order valence-electron chi connectivity index (χ1n) is 5.59. The highest BCUT2D eigenvalue weighted by molar-refractivity contribution is 4.91. The summed E-state index contributed by atoms with van der Waals surface area (Å²) in [4.78, 5) is 2.49. The average molecular weight is 184 g/mol. The van der Waals surface area contributed by atoms with Crippen LogP contribution in [-0.4, -0.2) is 36.6 Å². The van der Waals surface area contributed by atoms with E-state index in [0.29, 0.717) is 5.54 Å². The molecule has 0 aromatic carbocycles. The van der Waals surface area contributed by atoms with E-state index in [-0.39, 0.29) is 0 Å². The Morgan fingerprint density at radius 1 is 1.38 bits per heavy atom. The lowest BCUT2D eigenvalue weighted by Gasteiger charge is -2.35. The van der Waals surface area contributed by atoms with Gasteiger partial charge < -0.3 is 10.2 Å². The summed E-state index contributed by atoms with van der Waals surface area (Å²) in [6.07, 6.45) is 3.75. The van der Waals surface area contributed by atoms with Gasteiger partial charge in [-0.3, -0.25) is 0 Å². The molecule has 0 spiro atoms. The van der Waals surface area contributed by atoms with Gasteiger partial charge >= 0.3 is 0 Å². The van der Waals surface area contributed by atoms with Crippen LogP contribution >= 0.6 is 0 Å². The zero-order valence-electron chi connectivity index (χ0n) is 9.56. The maximum absolute atomic E-state index is 3.71. The second-order valence-corrected chi connectivity index (χ2v) is 4.47. The number of nitrogens with one attached hydrogen (secondary N) is 1. The Bertz CT molecular complexity index is 152. The Morgan fingerprint density at radius 2 is 2.00 bits per heavy atom. The van der Waals surface area contributed by atoms with Crippen LogP contribution in [-0.2, 0) is 0 Å². The van der Waals surface area contributed by atoms with Crippen LogP contribution in [0.1, 0.15) is 40.0 Å². The van der Waals surface area contributed by atoms with E-state index in [1.165, 1.54) is 32.4 Å². The molecular weight excluding hydrogens is 160 g/mol. The van der Waals surface area contributed by atoms with E-state index in [4.69, 9.17) is 0 Å². The summed E-state index contributed by atoms with van der Waals surface area (Å²) in [6, 6.07) is 0.729. The van der Waals surface area contributed by atoms with Crippen molar-refractivity contribution in [2.45, 2.75) is 51.6 Å². The molecule has 78 valence electrons. The molecular formula is C11H24N2. The van der Waals surface area contributed by atoms with Crippen molar-refractivity contribution >= 4 is 0 Å². The molecule has 0 amide bonds. The summed E-state index contributed by atoms with van der Waals surface area (Å²) in [7, 11) is 2.25. The molecule has 0 aromatic heterocycles. The molecule has 1 saturated heterocycles. The van der Waals surface area contributed by atoms with Crippen LogP contribution in [0.5, 0.6) is 0 Å². The molecule has 0 aliphatic carbocycles. The molecule has 2 heteroatoms. The van der Waals surface area contributed by atoms with E-state index in [0.717, 1.165) is 6.04 Å². The third kappa shape index (κ3) is 2.44. The number of hydrogen-bond acceptors (Lipinski definition) is 2. The Kier molecular flexibility index (Phi) is 3.74. The lowest BCUT2D eigenvalue weighted by molar-refractivity contribution is 0.193. The van der Waals surface area contributed by atoms with E-state index in [1.54, 1.807) is 0 Å². The second kappa shape index (κ2) is 4.43. The third-order valence-corrected chi connectivity index (χ3v) is 3.72. The maximum Gasteiger partial charge on any atom is 0.0303 e. The number of nitrogens with zero attached hydrogens (tertiary/aromatic N) is 1. The summed E-state index contributed by atoms with van der Waals surface area (Å²) in [5, 5.41) is 3.71. The first-order valence-corrected chi connectivity index (χ1v) is 5.59. The van der Waals surface area contributed by atoms with Crippen LogP contribution in [0.2, 0.25) is 0 Å². The van der Waals surface area contributed by atoms with Crippen molar-refractivity contribution in [2.75, 3.05) is 20.1 Å². The molecule has 1 fully saturated rings. The van der Waals surface area contributed by atoms with Crippen molar-refractivity contribution in [3.05, 3.63) is 0 Å². The number of hydrogen-bond donors (Lipinski definition) is 1. The minimum atomic E-state index is 0.375. The van der Waals surface area contributed by atoms with Gasteiger partial charge in [-0.25, -0.2) is 0 Å². The number of rotatable bonds is 2. The SMILES string of the molecule is CCC1(CC)CN(C)C(C)CCN1. The van der Waals surface area contributed by atoms with Crippen LogP contribution in [0.25, 0.3) is 0 Å². The van der Waals surface area contributed by atoms with Crippen molar-refractivity contribution in [1.82, 2.24) is 10.2 Å². The Morgan fingerprint density at radius 3 is 2.54 bits per heavy atom. The quantitative estimate of drug-likeness (QED) is 0.704. The summed E-state index contributed by atoms with van der Waals surface area (Å²) < 4.78 is 0. The van der Waals surface area contributed by atoms with Crippen molar-refractivity contribution in [3.8, 4) is 0 Å². The van der Waals surface area contributed by atoms with Gasteiger partial charge in [-0.15, -0.1) is 0 Å². The molecule has 2 nitrogen and oxygen atoms in total. The van der Waals surface area contributed by atoms with Gasteiger partial charge in [-0.2, -0.15) is 0 Å². The van der Waals surface area contributed by atoms with Crippen molar-refractivity contribution in [2.24, 2.45) is 0 Å². The highest BCUT2D eigenvalue weighted by Gasteiger charge is 2.30. The van der Waals surface area contributed by atoms with Crippen molar-refractivity contribution in [3.63, 3.8) is 0 Å². The van der Waals surface area contributed by atoms with Gasteiger partial charge in [0.2, 0.25) is 0 Å². The molecule has 0 saturated carbocycles. The smallest absolute Gasteiger partial charge is 0.0303 e. The molecule has 1 aliphatic rings. The van der Waals surface area contributed by atoms with Gasteiger partial charge in [0.05, 0.1) is 0 Å². The highest BCUT2D eigenvalue weighted by Crippen LogP contribution is 2.20. The zero-order valence-corrected chi connectivity index (χ0v) is 9.56. The summed E-state index contributed by atoms with van der Waals surface area (Å²) in [6.45, 7) is 9.28. The zero-order chi connectivity index (χ0) is 9.90. The van der Waals surface area contributed by atoms with E-state index in [1.807, 2.05) is 0 Å². The van der Waals surface area contributed by atoms with E-state index >= 15 is 0 Å². The van der Waals surface area contributed by atoms with Crippen LogP contribution in [0.3, 0.4) is 0 Å². The van der Waals surface area contributed by atoms with Gasteiger partial charge in [0.1, 0.15) is 0 Å². The number of likely N-dealkylation sites (N-methyl/N-ethyl adjacent to an activating group) is 1. The van der Waals surface area contributed by atoms with Gasteiger partial charge in [-0.1, -0.05) is 13.8 Å². The molecule has 1 atom stereocenters. The first-order chi connectivity index (χ1) is 6.13. The minimum absolute atomic E-state index is 0.375. The lowest BCUT2D eigenvalue weighted by atomic mass is 9.92. The van der Waals surface area contributed by atoms with Crippen molar-refractivity contribution in [1.29, 1.82) is 0 Å². The topological polar surface area (TPSA) is 15.3 Å². The molecule has 0 aromatic rings. The Balaban J connectivity index is 2.66.